The van der Waals surface area contributed by atoms with E-state index in [1.807, 2.05) is 18.3 Å². The topological polar surface area (TPSA) is 63.8 Å². The second-order valence-corrected chi connectivity index (χ2v) is 4.27. The molecular weight excluding hydrogens is 263 g/mol. The number of rotatable bonds is 3. The van der Waals surface area contributed by atoms with Gasteiger partial charge < -0.3 is 5.11 Å². The highest BCUT2D eigenvalue weighted by atomic mass is 16.3. The Morgan fingerprint density at radius 1 is 1.14 bits per heavy atom. The Hall–Kier alpha value is -2.63. The van der Waals surface area contributed by atoms with Crippen LogP contribution >= 0.6 is 0 Å². The first kappa shape index (κ1) is 14.8. The van der Waals surface area contributed by atoms with Crippen LogP contribution in [0.2, 0.25) is 0 Å². The number of nitrogens with zero attached hydrogens (tertiary/aromatic N) is 4. The van der Waals surface area contributed by atoms with Crippen molar-refractivity contribution in [2.75, 3.05) is 0 Å². The van der Waals surface area contributed by atoms with Gasteiger partial charge in [0.2, 0.25) is 0 Å². The van der Waals surface area contributed by atoms with Gasteiger partial charge in [-0.3, -0.25) is 0 Å². The monoisotopic (exact) mass is 278 g/mol. The average Bonchev–Trinajstić information content (AvgIpc) is 3.01. The Labute approximate surface area is 124 Å². The highest BCUT2D eigenvalue weighted by Crippen LogP contribution is 2.29. The predicted molar refractivity (Wildman–Crippen MR) is 82.4 cm³/mol. The van der Waals surface area contributed by atoms with E-state index in [1.54, 1.807) is 35.1 Å². The van der Waals surface area contributed by atoms with Crippen LogP contribution in [0.15, 0.2) is 48.8 Å². The lowest BCUT2D eigenvalue weighted by molar-refractivity contribution is 0.476. The molecule has 6 heteroatoms. The number of phenols is 1. The van der Waals surface area contributed by atoms with E-state index >= 15 is 0 Å². The molecule has 3 aromatic rings. The molecule has 0 spiro atoms. The first-order valence-electron chi connectivity index (χ1n) is 6.14. The standard InChI is InChI=1S/C14H11BN4O.CH4/c15-9-10-2-5-13(18-17-10)12-4-3-11(8-14(12)20)19-7-1-6-16-19;/h1-8,20H,9H2;1H4. The number of aromatic hydroxyl groups is 1. The third kappa shape index (κ3) is 2.94. The van der Waals surface area contributed by atoms with E-state index in [4.69, 9.17) is 7.85 Å². The molecule has 5 nitrogen and oxygen atoms in total. The van der Waals surface area contributed by atoms with Gasteiger partial charge in [0.25, 0.3) is 0 Å². The van der Waals surface area contributed by atoms with E-state index < -0.39 is 0 Å². The van der Waals surface area contributed by atoms with Crippen LogP contribution in [0.3, 0.4) is 0 Å². The molecule has 0 atom stereocenters. The summed E-state index contributed by atoms with van der Waals surface area (Å²) in [5.41, 5.74) is 2.72. The maximum absolute atomic E-state index is 10.1. The zero-order valence-corrected chi connectivity index (χ0v) is 10.6. The van der Waals surface area contributed by atoms with Gasteiger partial charge in [-0.15, -0.1) is 0 Å². The summed E-state index contributed by atoms with van der Waals surface area (Å²) in [6, 6.07) is 10.7. The molecule has 0 bridgehead atoms. The fourth-order valence-corrected chi connectivity index (χ4v) is 1.91. The molecule has 3 rings (SSSR count). The van der Waals surface area contributed by atoms with E-state index in [2.05, 4.69) is 15.3 Å². The molecule has 0 aliphatic rings. The SMILES string of the molecule is C.[B]Cc1ccc(-c2ccc(-n3cccn3)cc2O)nn1. The maximum atomic E-state index is 10.1. The van der Waals surface area contributed by atoms with Crippen molar-refractivity contribution in [1.29, 1.82) is 0 Å². The van der Waals surface area contributed by atoms with Crippen LogP contribution in [0.25, 0.3) is 16.9 Å². The van der Waals surface area contributed by atoms with Crippen molar-refractivity contribution >= 4 is 7.85 Å². The zero-order chi connectivity index (χ0) is 13.9. The van der Waals surface area contributed by atoms with Gasteiger partial charge in [0, 0.05) is 24.0 Å². The van der Waals surface area contributed by atoms with Gasteiger partial charge in [-0.25, -0.2) is 4.68 Å². The lowest BCUT2D eigenvalue weighted by Gasteiger charge is -2.07. The van der Waals surface area contributed by atoms with Gasteiger partial charge in [-0.1, -0.05) is 7.43 Å². The lowest BCUT2D eigenvalue weighted by atomic mass is 10.0. The maximum Gasteiger partial charge on any atom is 0.127 e. The molecule has 2 heterocycles. The van der Waals surface area contributed by atoms with Crippen LogP contribution in [0, 0.1) is 0 Å². The summed E-state index contributed by atoms with van der Waals surface area (Å²) in [7, 11) is 5.48. The van der Waals surface area contributed by atoms with Crippen molar-refractivity contribution in [2.24, 2.45) is 0 Å². The van der Waals surface area contributed by atoms with Gasteiger partial charge >= 0.3 is 0 Å². The summed E-state index contributed by atoms with van der Waals surface area (Å²) in [5.74, 6) is 0.132. The van der Waals surface area contributed by atoms with Gasteiger partial charge in [0.05, 0.1) is 24.9 Å². The molecule has 104 valence electrons. The van der Waals surface area contributed by atoms with E-state index in [1.165, 1.54) is 0 Å². The molecule has 0 saturated carbocycles. The number of aromatic nitrogens is 4. The number of hydrogen-bond donors (Lipinski definition) is 1. The Balaban J connectivity index is 0.00000161. The van der Waals surface area contributed by atoms with Crippen LogP contribution in [0.4, 0.5) is 0 Å². The van der Waals surface area contributed by atoms with Crippen LogP contribution in [0.5, 0.6) is 5.75 Å². The smallest absolute Gasteiger partial charge is 0.127 e. The van der Waals surface area contributed by atoms with Crippen molar-refractivity contribution < 1.29 is 5.11 Å². The second-order valence-electron chi connectivity index (χ2n) is 4.27. The number of phenolic OH excluding ortho intramolecular Hbond substituents is 1. The molecule has 0 fully saturated rings. The van der Waals surface area contributed by atoms with E-state index in [0.717, 1.165) is 5.69 Å². The molecule has 2 radical (unpaired) electrons. The second kappa shape index (κ2) is 6.22. The number of benzene rings is 1. The Morgan fingerprint density at radius 2 is 2.00 bits per heavy atom. The third-order valence-electron chi connectivity index (χ3n) is 2.96. The third-order valence-corrected chi connectivity index (χ3v) is 2.96. The van der Waals surface area contributed by atoms with Crippen LogP contribution < -0.4 is 0 Å². The molecular formula is C15H15BN4O. The van der Waals surface area contributed by atoms with E-state index in [9.17, 15) is 5.11 Å². The predicted octanol–water partition coefficient (Wildman–Crippen LogP) is 2.34. The van der Waals surface area contributed by atoms with Gasteiger partial charge in [-0.05, 0) is 36.7 Å². The summed E-state index contributed by atoms with van der Waals surface area (Å²) in [4.78, 5) is 0. The quantitative estimate of drug-likeness (QED) is 0.747. The highest BCUT2D eigenvalue weighted by molar-refractivity contribution is 6.08. The zero-order valence-electron chi connectivity index (χ0n) is 10.6. The average molecular weight is 278 g/mol. The highest BCUT2D eigenvalue weighted by Gasteiger charge is 2.08. The summed E-state index contributed by atoms with van der Waals surface area (Å²) in [5, 5.41) is 22.3. The van der Waals surface area contributed by atoms with Gasteiger partial charge in [0.15, 0.2) is 0 Å². The fourth-order valence-electron chi connectivity index (χ4n) is 1.91. The molecule has 0 amide bonds. The van der Waals surface area contributed by atoms with Crippen LogP contribution in [-0.4, -0.2) is 32.9 Å². The molecule has 1 N–H and O–H groups in total. The summed E-state index contributed by atoms with van der Waals surface area (Å²) < 4.78 is 1.67. The fraction of sp³-hybridized carbons (Fsp3) is 0.133. The summed E-state index contributed by atoms with van der Waals surface area (Å²) >= 11 is 0. The lowest BCUT2D eigenvalue weighted by Crippen LogP contribution is -1.96. The van der Waals surface area contributed by atoms with Crippen molar-refractivity contribution in [3.8, 4) is 22.7 Å². The van der Waals surface area contributed by atoms with Crippen LogP contribution in [-0.2, 0) is 6.32 Å². The molecule has 1 aromatic carbocycles. The Bertz CT molecular complexity index is 711. The molecule has 2 aromatic heterocycles. The largest absolute Gasteiger partial charge is 0.507 e. The molecule has 0 saturated heterocycles. The van der Waals surface area contributed by atoms with Crippen molar-refractivity contribution in [3.05, 3.63) is 54.5 Å². The Kier molecular flexibility index (Phi) is 4.37. The Morgan fingerprint density at radius 3 is 2.57 bits per heavy atom. The van der Waals surface area contributed by atoms with Crippen molar-refractivity contribution in [2.45, 2.75) is 13.7 Å². The molecule has 21 heavy (non-hydrogen) atoms. The molecule has 0 aliphatic heterocycles. The normalized spacial score (nSPS) is 10.1. The summed E-state index contributed by atoms with van der Waals surface area (Å²) in [6.07, 6.45) is 3.84. The first-order chi connectivity index (χ1) is 9.78. The van der Waals surface area contributed by atoms with Crippen molar-refractivity contribution in [1.82, 2.24) is 20.0 Å². The summed E-state index contributed by atoms with van der Waals surface area (Å²) in [6.45, 7) is 0. The minimum atomic E-state index is 0. The first-order valence-corrected chi connectivity index (χ1v) is 6.14. The van der Waals surface area contributed by atoms with E-state index in [0.29, 0.717) is 23.3 Å². The minimum absolute atomic E-state index is 0. The molecule has 0 aliphatic carbocycles. The van der Waals surface area contributed by atoms with Crippen molar-refractivity contribution in [3.63, 3.8) is 0 Å². The van der Waals surface area contributed by atoms with Gasteiger partial charge in [-0.2, -0.15) is 15.3 Å². The number of hydrogen-bond acceptors (Lipinski definition) is 4. The molecule has 0 unspecified atom stereocenters. The van der Waals surface area contributed by atoms with Gasteiger partial charge in [0.1, 0.15) is 5.75 Å². The minimum Gasteiger partial charge on any atom is -0.507 e. The van der Waals surface area contributed by atoms with Crippen LogP contribution in [0.1, 0.15) is 13.1 Å². The van der Waals surface area contributed by atoms with E-state index in [-0.39, 0.29) is 13.2 Å².